The Labute approximate surface area is 138 Å². The van der Waals surface area contributed by atoms with Gasteiger partial charge >= 0.3 is 6.09 Å². The zero-order chi connectivity index (χ0) is 16.7. The van der Waals surface area contributed by atoms with Crippen molar-refractivity contribution in [1.29, 1.82) is 0 Å². The molecule has 1 aromatic rings. The fourth-order valence-electron chi connectivity index (χ4n) is 2.90. The lowest BCUT2D eigenvalue weighted by molar-refractivity contribution is -0.129. The van der Waals surface area contributed by atoms with Crippen molar-refractivity contribution in [2.75, 3.05) is 6.61 Å². The Kier molecular flexibility index (Phi) is 6.63. The van der Waals surface area contributed by atoms with Gasteiger partial charge in [-0.1, -0.05) is 63.4 Å². The van der Waals surface area contributed by atoms with Crippen molar-refractivity contribution in [2.24, 2.45) is 5.92 Å². The highest BCUT2D eigenvalue weighted by Crippen LogP contribution is 2.20. The van der Waals surface area contributed by atoms with Gasteiger partial charge in [-0.3, -0.25) is 4.79 Å². The van der Waals surface area contributed by atoms with Gasteiger partial charge in [0, 0.05) is 6.42 Å². The molecule has 2 atom stereocenters. The molecule has 1 aromatic carbocycles. The summed E-state index contributed by atoms with van der Waals surface area (Å²) in [5.74, 6) is 0.602. The van der Waals surface area contributed by atoms with Crippen LogP contribution in [-0.2, 0) is 16.0 Å². The Morgan fingerprint density at radius 3 is 2.74 bits per heavy atom. The third kappa shape index (κ3) is 5.08. The van der Waals surface area contributed by atoms with Crippen LogP contribution < -0.4 is 0 Å². The number of imide groups is 1. The van der Waals surface area contributed by atoms with Gasteiger partial charge in [-0.2, -0.15) is 0 Å². The average molecular weight is 317 g/mol. The first-order chi connectivity index (χ1) is 11.1. The number of nitrogens with zero attached hydrogens (tertiary/aromatic N) is 1. The van der Waals surface area contributed by atoms with E-state index in [0.717, 1.165) is 24.8 Å². The molecule has 23 heavy (non-hydrogen) atoms. The smallest absolute Gasteiger partial charge is 0.416 e. The largest absolute Gasteiger partial charge is 0.447 e. The second kappa shape index (κ2) is 8.70. The topological polar surface area (TPSA) is 46.6 Å². The summed E-state index contributed by atoms with van der Waals surface area (Å²) < 4.78 is 5.10. The number of cyclic esters (lactones) is 1. The first kappa shape index (κ1) is 17.5. The van der Waals surface area contributed by atoms with Gasteiger partial charge in [-0.05, 0) is 24.3 Å². The van der Waals surface area contributed by atoms with Crippen molar-refractivity contribution in [1.82, 2.24) is 4.90 Å². The third-order valence-electron chi connectivity index (χ3n) is 4.58. The molecule has 4 nitrogen and oxygen atoms in total. The van der Waals surface area contributed by atoms with E-state index in [0.29, 0.717) is 25.4 Å². The Balaban J connectivity index is 1.85. The van der Waals surface area contributed by atoms with Gasteiger partial charge in [-0.15, -0.1) is 0 Å². The first-order valence-corrected chi connectivity index (χ1v) is 8.64. The van der Waals surface area contributed by atoms with E-state index >= 15 is 0 Å². The molecule has 0 aromatic heterocycles. The maximum absolute atomic E-state index is 12.4. The van der Waals surface area contributed by atoms with E-state index in [1.807, 2.05) is 30.3 Å². The van der Waals surface area contributed by atoms with Crippen LogP contribution in [0.15, 0.2) is 30.3 Å². The number of hydrogen-bond donors (Lipinski definition) is 0. The molecule has 2 rings (SSSR count). The van der Waals surface area contributed by atoms with Crippen molar-refractivity contribution in [3.8, 4) is 0 Å². The Hall–Kier alpha value is -1.84. The van der Waals surface area contributed by atoms with E-state index in [4.69, 9.17) is 4.74 Å². The minimum absolute atomic E-state index is 0.0995. The molecule has 1 saturated heterocycles. The Morgan fingerprint density at radius 1 is 1.30 bits per heavy atom. The monoisotopic (exact) mass is 317 g/mol. The summed E-state index contributed by atoms with van der Waals surface area (Å²) in [7, 11) is 0. The summed E-state index contributed by atoms with van der Waals surface area (Å²) in [6, 6.07) is 9.74. The van der Waals surface area contributed by atoms with Crippen LogP contribution in [0.5, 0.6) is 0 Å². The van der Waals surface area contributed by atoms with E-state index < -0.39 is 6.09 Å². The minimum atomic E-state index is -0.488. The molecule has 1 fully saturated rings. The van der Waals surface area contributed by atoms with Gasteiger partial charge in [0.15, 0.2) is 0 Å². The number of unbranched alkanes of at least 4 members (excludes halogenated alkanes) is 1. The second-order valence-electron chi connectivity index (χ2n) is 6.44. The number of carbonyl (C=O) groups is 2. The SMILES string of the molecule is CCC(C)CCCCC(=O)N1C(=O)OC[C@H]1Cc1ccccc1. The highest BCUT2D eigenvalue weighted by atomic mass is 16.6. The van der Waals surface area contributed by atoms with Crippen LogP contribution in [0.25, 0.3) is 0 Å². The van der Waals surface area contributed by atoms with Crippen LogP contribution in [0.4, 0.5) is 4.79 Å². The van der Waals surface area contributed by atoms with Crippen LogP contribution in [0.1, 0.15) is 51.5 Å². The number of ether oxygens (including phenoxy) is 1. The van der Waals surface area contributed by atoms with Crippen LogP contribution in [0.2, 0.25) is 0 Å². The Bertz CT molecular complexity index is 515. The fraction of sp³-hybridized carbons (Fsp3) is 0.579. The number of carbonyl (C=O) groups excluding carboxylic acids is 2. The van der Waals surface area contributed by atoms with Gasteiger partial charge in [-0.25, -0.2) is 9.69 Å². The molecule has 1 unspecified atom stereocenters. The lowest BCUT2D eigenvalue weighted by atomic mass is 10.0. The molecule has 2 amide bonds. The summed E-state index contributed by atoms with van der Waals surface area (Å²) in [6.45, 7) is 4.71. The van der Waals surface area contributed by atoms with Crippen molar-refractivity contribution in [3.63, 3.8) is 0 Å². The lowest BCUT2D eigenvalue weighted by Crippen LogP contribution is -2.40. The fourth-order valence-corrected chi connectivity index (χ4v) is 2.90. The molecule has 0 aliphatic carbocycles. The molecular weight excluding hydrogens is 290 g/mol. The van der Waals surface area contributed by atoms with E-state index in [2.05, 4.69) is 13.8 Å². The predicted molar refractivity (Wildman–Crippen MR) is 90.1 cm³/mol. The van der Waals surface area contributed by atoms with Crippen LogP contribution in [0, 0.1) is 5.92 Å². The summed E-state index contributed by atoms with van der Waals surface area (Å²) in [4.78, 5) is 25.6. The molecule has 0 N–H and O–H groups in total. The molecule has 126 valence electrons. The molecule has 0 spiro atoms. The zero-order valence-corrected chi connectivity index (χ0v) is 14.2. The maximum Gasteiger partial charge on any atom is 0.416 e. The zero-order valence-electron chi connectivity index (χ0n) is 14.2. The van der Waals surface area contributed by atoms with Crippen LogP contribution >= 0.6 is 0 Å². The second-order valence-corrected chi connectivity index (χ2v) is 6.44. The quantitative estimate of drug-likeness (QED) is 0.676. The van der Waals surface area contributed by atoms with Crippen molar-refractivity contribution >= 4 is 12.0 Å². The standard InChI is InChI=1S/C19H27NO3/c1-3-15(2)9-7-8-12-18(21)20-17(14-23-19(20)22)13-16-10-5-4-6-11-16/h4-6,10-11,15,17H,3,7-9,12-14H2,1-2H3/t15?,17-/m1/s1. The average Bonchev–Trinajstić information content (AvgIpc) is 2.92. The van der Waals surface area contributed by atoms with Gasteiger partial charge in [0.2, 0.25) is 5.91 Å². The molecule has 0 saturated carbocycles. The third-order valence-corrected chi connectivity index (χ3v) is 4.58. The molecule has 1 heterocycles. The van der Waals surface area contributed by atoms with Crippen LogP contribution in [-0.4, -0.2) is 29.5 Å². The van der Waals surface area contributed by atoms with Crippen LogP contribution in [0.3, 0.4) is 0 Å². The highest BCUT2D eigenvalue weighted by Gasteiger charge is 2.37. The van der Waals surface area contributed by atoms with E-state index in [1.54, 1.807) is 0 Å². The molecular formula is C19H27NO3. The van der Waals surface area contributed by atoms with E-state index in [1.165, 1.54) is 11.3 Å². The Morgan fingerprint density at radius 2 is 2.04 bits per heavy atom. The first-order valence-electron chi connectivity index (χ1n) is 8.64. The van der Waals surface area contributed by atoms with Gasteiger partial charge in [0.05, 0.1) is 6.04 Å². The number of amides is 2. The van der Waals surface area contributed by atoms with Crippen molar-refractivity contribution in [2.45, 2.75) is 58.4 Å². The molecule has 0 radical (unpaired) electrons. The van der Waals surface area contributed by atoms with E-state index in [-0.39, 0.29) is 11.9 Å². The summed E-state index contributed by atoms with van der Waals surface area (Å²) in [6.07, 6.45) is 4.78. The predicted octanol–water partition coefficient (Wildman–Crippen LogP) is 4.18. The van der Waals surface area contributed by atoms with Crippen molar-refractivity contribution < 1.29 is 14.3 Å². The molecule has 4 heteroatoms. The van der Waals surface area contributed by atoms with Gasteiger partial charge < -0.3 is 4.74 Å². The minimum Gasteiger partial charge on any atom is -0.447 e. The lowest BCUT2D eigenvalue weighted by Gasteiger charge is -2.19. The van der Waals surface area contributed by atoms with Gasteiger partial charge in [0.1, 0.15) is 6.61 Å². The summed E-state index contributed by atoms with van der Waals surface area (Å²) >= 11 is 0. The molecule has 0 bridgehead atoms. The highest BCUT2D eigenvalue weighted by molar-refractivity contribution is 5.93. The molecule has 1 aliphatic rings. The van der Waals surface area contributed by atoms with E-state index in [9.17, 15) is 9.59 Å². The summed E-state index contributed by atoms with van der Waals surface area (Å²) in [5.41, 5.74) is 1.12. The maximum atomic E-state index is 12.4. The van der Waals surface area contributed by atoms with Crippen molar-refractivity contribution in [3.05, 3.63) is 35.9 Å². The van der Waals surface area contributed by atoms with Gasteiger partial charge in [0.25, 0.3) is 0 Å². The summed E-state index contributed by atoms with van der Waals surface area (Å²) in [5, 5.41) is 0. The number of rotatable bonds is 8. The normalized spacial score (nSPS) is 18.8. The molecule has 1 aliphatic heterocycles. The number of hydrogen-bond acceptors (Lipinski definition) is 3. The number of benzene rings is 1.